The van der Waals surface area contributed by atoms with Gasteiger partial charge in [-0.05, 0) is 40.0 Å². The minimum absolute atomic E-state index is 0.612. The van der Waals surface area contributed by atoms with Crippen LogP contribution in [0.5, 0.6) is 5.75 Å². The number of ether oxygens (including phenoxy) is 1. The molecule has 0 spiro atoms. The highest BCUT2D eigenvalue weighted by molar-refractivity contribution is 9.10. The van der Waals surface area contributed by atoms with Gasteiger partial charge in [0, 0.05) is 16.6 Å². The molecule has 0 aliphatic rings. The number of halogens is 1. The van der Waals surface area contributed by atoms with Crippen molar-refractivity contribution in [3.8, 4) is 5.75 Å². The van der Waals surface area contributed by atoms with Crippen LogP contribution in [0, 0.1) is 0 Å². The van der Waals surface area contributed by atoms with Gasteiger partial charge in [0.05, 0.1) is 4.88 Å². The average molecular weight is 326 g/mol. The van der Waals surface area contributed by atoms with Crippen LogP contribution >= 0.6 is 27.3 Å². The van der Waals surface area contributed by atoms with E-state index in [1.165, 1.54) is 10.4 Å². The summed E-state index contributed by atoms with van der Waals surface area (Å²) in [6.45, 7) is 4.52. The maximum atomic E-state index is 5.90. The van der Waals surface area contributed by atoms with E-state index in [2.05, 4.69) is 39.6 Å². The molecular formula is C14H16BrNOS. The predicted molar refractivity (Wildman–Crippen MR) is 80.2 cm³/mol. The molecule has 0 atom stereocenters. The lowest BCUT2D eigenvalue weighted by Gasteiger charge is -2.11. The first kappa shape index (κ1) is 13.6. The highest BCUT2D eigenvalue weighted by Gasteiger charge is 2.05. The van der Waals surface area contributed by atoms with Crippen molar-refractivity contribution in [1.29, 1.82) is 0 Å². The van der Waals surface area contributed by atoms with Gasteiger partial charge in [0.1, 0.15) is 12.4 Å². The van der Waals surface area contributed by atoms with Crippen LogP contribution in [0.4, 0.5) is 0 Å². The number of hydrogen-bond acceptors (Lipinski definition) is 3. The Morgan fingerprint density at radius 2 is 2.11 bits per heavy atom. The average Bonchev–Trinajstić information content (AvgIpc) is 2.80. The largest absolute Gasteiger partial charge is 0.488 e. The highest BCUT2D eigenvalue weighted by Crippen LogP contribution is 2.25. The second-order valence-electron chi connectivity index (χ2n) is 3.87. The van der Waals surface area contributed by atoms with Crippen LogP contribution in [0.1, 0.15) is 17.4 Å². The van der Waals surface area contributed by atoms with E-state index in [0.717, 1.165) is 23.3 Å². The van der Waals surface area contributed by atoms with Gasteiger partial charge in [0.2, 0.25) is 0 Å². The Morgan fingerprint density at radius 3 is 2.83 bits per heavy atom. The van der Waals surface area contributed by atoms with Gasteiger partial charge in [0.25, 0.3) is 0 Å². The lowest BCUT2D eigenvalue weighted by molar-refractivity contribution is 0.305. The molecular weight excluding hydrogens is 310 g/mol. The van der Waals surface area contributed by atoms with E-state index in [9.17, 15) is 0 Å². The van der Waals surface area contributed by atoms with Crippen molar-refractivity contribution in [2.75, 3.05) is 6.54 Å². The minimum atomic E-state index is 0.612. The zero-order chi connectivity index (χ0) is 12.8. The fraction of sp³-hybridized carbons (Fsp3) is 0.286. The summed E-state index contributed by atoms with van der Waals surface area (Å²) in [5.41, 5.74) is 1.20. The zero-order valence-corrected chi connectivity index (χ0v) is 12.7. The van der Waals surface area contributed by atoms with Crippen molar-refractivity contribution in [2.45, 2.75) is 20.1 Å². The molecule has 0 radical (unpaired) electrons. The van der Waals surface area contributed by atoms with Gasteiger partial charge in [0.15, 0.2) is 0 Å². The van der Waals surface area contributed by atoms with Crippen molar-refractivity contribution in [3.05, 3.63) is 50.6 Å². The minimum Gasteiger partial charge on any atom is -0.488 e. The highest BCUT2D eigenvalue weighted by atomic mass is 79.9. The molecule has 96 valence electrons. The summed E-state index contributed by atoms with van der Waals surface area (Å²) in [5, 5.41) is 5.39. The van der Waals surface area contributed by atoms with E-state index in [1.807, 2.05) is 24.3 Å². The lowest BCUT2D eigenvalue weighted by Crippen LogP contribution is -2.12. The molecule has 0 aliphatic heterocycles. The summed E-state index contributed by atoms with van der Waals surface area (Å²) in [6.07, 6.45) is 0. The first-order valence-electron chi connectivity index (χ1n) is 5.94. The van der Waals surface area contributed by atoms with Crippen LogP contribution in [-0.4, -0.2) is 6.54 Å². The SMILES string of the molecule is CCNCc1ccccc1OCc1sccc1Br. The molecule has 0 aliphatic carbocycles. The van der Waals surface area contributed by atoms with Crippen LogP contribution in [0.3, 0.4) is 0 Å². The number of nitrogens with one attached hydrogen (secondary N) is 1. The normalized spacial score (nSPS) is 10.6. The van der Waals surface area contributed by atoms with E-state index >= 15 is 0 Å². The van der Waals surface area contributed by atoms with Crippen molar-refractivity contribution in [3.63, 3.8) is 0 Å². The molecule has 0 amide bonds. The van der Waals surface area contributed by atoms with Crippen LogP contribution < -0.4 is 10.1 Å². The van der Waals surface area contributed by atoms with Crippen LogP contribution in [-0.2, 0) is 13.2 Å². The second kappa shape index (κ2) is 6.92. The van der Waals surface area contributed by atoms with Crippen molar-refractivity contribution < 1.29 is 4.74 Å². The van der Waals surface area contributed by atoms with Gasteiger partial charge in [-0.15, -0.1) is 11.3 Å². The third-order valence-electron chi connectivity index (χ3n) is 2.59. The molecule has 4 heteroatoms. The van der Waals surface area contributed by atoms with E-state index in [4.69, 9.17) is 4.74 Å². The van der Waals surface area contributed by atoms with Gasteiger partial charge in [-0.3, -0.25) is 0 Å². The first-order chi connectivity index (χ1) is 8.81. The molecule has 0 unspecified atom stereocenters. The van der Waals surface area contributed by atoms with Crippen molar-refractivity contribution in [1.82, 2.24) is 5.32 Å². The smallest absolute Gasteiger partial charge is 0.124 e. The standard InChI is InChI=1S/C14H16BrNOS/c1-2-16-9-11-5-3-4-6-13(11)17-10-14-12(15)7-8-18-14/h3-8,16H,2,9-10H2,1H3. The van der Waals surface area contributed by atoms with E-state index in [-0.39, 0.29) is 0 Å². The topological polar surface area (TPSA) is 21.3 Å². The van der Waals surface area contributed by atoms with Crippen LogP contribution in [0.25, 0.3) is 0 Å². The summed E-state index contributed by atoms with van der Waals surface area (Å²) in [4.78, 5) is 1.22. The quantitative estimate of drug-likeness (QED) is 0.859. The molecule has 2 rings (SSSR count). The Kier molecular flexibility index (Phi) is 5.23. The number of hydrogen-bond donors (Lipinski definition) is 1. The Labute approximate surface area is 120 Å². The summed E-state index contributed by atoms with van der Waals surface area (Å²) >= 11 is 5.22. The molecule has 0 saturated heterocycles. The number of benzene rings is 1. The summed E-state index contributed by atoms with van der Waals surface area (Å²) in [7, 11) is 0. The van der Waals surface area contributed by atoms with Crippen molar-refractivity contribution >= 4 is 27.3 Å². The third kappa shape index (κ3) is 3.57. The lowest BCUT2D eigenvalue weighted by atomic mass is 10.2. The molecule has 2 aromatic rings. The second-order valence-corrected chi connectivity index (χ2v) is 5.72. The van der Waals surface area contributed by atoms with Gasteiger partial charge >= 0.3 is 0 Å². The van der Waals surface area contributed by atoms with Crippen LogP contribution in [0.2, 0.25) is 0 Å². The molecule has 1 heterocycles. The molecule has 18 heavy (non-hydrogen) atoms. The van der Waals surface area contributed by atoms with Gasteiger partial charge in [-0.2, -0.15) is 0 Å². The van der Waals surface area contributed by atoms with Crippen molar-refractivity contribution in [2.24, 2.45) is 0 Å². The van der Waals surface area contributed by atoms with Crippen LogP contribution in [0.15, 0.2) is 40.2 Å². The summed E-state index contributed by atoms with van der Waals surface area (Å²) < 4.78 is 7.02. The Bertz CT molecular complexity index is 498. The summed E-state index contributed by atoms with van der Waals surface area (Å²) in [6, 6.07) is 10.2. The van der Waals surface area contributed by atoms with E-state index < -0.39 is 0 Å². The zero-order valence-electron chi connectivity index (χ0n) is 10.3. The monoisotopic (exact) mass is 325 g/mol. The number of para-hydroxylation sites is 1. The number of rotatable bonds is 6. The molecule has 0 saturated carbocycles. The van der Waals surface area contributed by atoms with E-state index in [1.54, 1.807) is 11.3 Å². The van der Waals surface area contributed by atoms with E-state index in [0.29, 0.717) is 6.61 Å². The molecule has 2 nitrogen and oxygen atoms in total. The van der Waals surface area contributed by atoms with Gasteiger partial charge in [-0.1, -0.05) is 25.1 Å². The van der Waals surface area contributed by atoms with Gasteiger partial charge in [-0.25, -0.2) is 0 Å². The third-order valence-corrected chi connectivity index (χ3v) is 4.49. The molecule has 1 aromatic heterocycles. The maximum absolute atomic E-state index is 5.90. The first-order valence-corrected chi connectivity index (χ1v) is 7.61. The predicted octanol–water partition coefficient (Wildman–Crippen LogP) is 4.20. The molecule has 0 fully saturated rings. The maximum Gasteiger partial charge on any atom is 0.124 e. The molecule has 1 N–H and O–H groups in total. The molecule has 0 bridgehead atoms. The summed E-state index contributed by atoms with van der Waals surface area (Å²) in [5.74, 6) is 0.957. The molecule has 1 aromatic carbocycles. The number of thiophene rings is 1. The fourth-order valence-corrected chi connectivity index (χ4v) is 3.00. The fourth-order valence-electron chi connectivity index (χ4n) is 1.62. The Balaban J connectivity index is 2.02. The Hall–Kier alpha value is -0.840. The van der Waals surface area contributed by atoms with Gasteiger partial charge < -0.3 is 10.1 Å². The Morgan fingerprint density at radius 1 is 1.28 bits per heavy atom.